The summed E-state index contributed by atoms with van der Waals surface area (Å²) in [6.07, 6.45) is 1.64. The maximum absolute atomic E-state index is 4.28. The highest BCUT2D eigenvalue weighted by Crippen LogP contribution is 2.17. The van der Waals surface area contributed by atoms with Crippen LogP contribution in [0.1, 0.15) is 32.4 Å². The van der Waals surface area contributed by atoms with Crippen LogP contribution in [0, 0.1) is 0 Å². The van der Waals surface area contributed by atoms with Crippen LogP contribution in [0.3, 0.4) is 0 Å². The zero-order valence-corrected chi connectivity index (χ0v) is 11.3. The quantitative estimate of drug-likeness (QED) is 0.789. The van der Waals surface area contributed by atoms with Crippen molar-refractivity contribution < 1.29 is 0 Å². The van der Waals surface area contributed by atoms with Gasteiger partial charge in [0.15, 0.2) is 0 Å². The topological polar surface area (TPSA) is 29.0 Å². The molecule has 1 heterocycles. The molecule has 0 aliphatic heterocycles. The van der Waals surface area contributed by atoms with Crippen molar-refractivity contribution in [1.29, 1.82) is 0 Å². The van der Waals surface area contributed by atoms with Gasteiger partial charge >= 0.3 is 0 Å². The summed E-state index contributed by atoms with van der Waals surface area (Å²) in [7, 11) is 2.05. The molecule has 1 atom stereocenters. The van der Waals surface area contributed by atoms with Crippen LogP contribution >= 0.6 is 15.9 Å². The highest BCUT2D eigenvalue weighted by Gasteiger charge is 2.11. The Bertz CT molecular complexity index is 314. The van der Waals surface area contributed by atoms with Crippen LogP contribution in [0.2, 0.25) is 0 Å². The highest BCUT2D eigenvalue weighted by atomic mass is 79.9. The molecule has 1 unspecified atom stereocenters. The standard InChI is InChI=1S/C11H18BrN3/c1-8(2)10-5-11(14-7-13-10)15(4)9(3)6-12/h5,7-9H,6H2,1-4H3. The molecule has 15 heavy (non-hydrogen) atoms. The van der Waals surface area contributed by atoms with E-state index in [-0.39, 0.29) is 0 Å². The largest absolute Gasteiger partial charge is 0.356 e. The molecular formula is C11H18BrN3. The zero-order valence-electron chi connectivity index (χ0n) is 9.74. The highest BCUT2D eigenvalue weighted by molar-refractivity contribution is 9.09. The minimum atomic E-state index is 0.430. The third-order valence-electron chi connectivity index (χ3n) is 2.51. The molecule has 0 radical (unpaired) electrons. The van der Waals surface area contributed by atoms with Crippen LogP contribution in [-0.2, 0) is 0 Å². The third-order valence-corrected chi connectivity index (χ3v) is 3.45. The van der Waals surface area contributed by atoms with Crippen molar-refractivity contribution in [2.75, 3.05) is 17.3 Å². The van der Waals surface area contributed by atoms with Crippen LogP contribution in [0.15, 0.2) is 12.4 Å². The van der Waals surface area contributed by atoms with E-state index in [0.717, 1.165) is 16.8 Å². The first-order valence-electron chi connectivity index (χ1n) is 5.17. The predicted octanol–water partition coefficient (Wildman–Crippen LogP) is 2.82. The van der Waals surface area contributed by atoms with Gasteiger partial charge in [-0.05, 0) is 12.8 Å². The normalized spacial score (nSPS) is 12.9. The summed E-state index contributed by atoms with van der Waals surface area (Å²) in [5.74, 6) is 1.43. The number of aromatic nitrogens is 2. The lowest BCUT2D eigenvalue weighted by Crippen LogP contribution is -2.30. The molecule has 0 fully saturated rings. The van der Waals surface area contributed by atoms with Gasteiger partial charge in [0.25, 0.3) is 0 Å². The molecule has 0 bridgehead atoms. The smallest absolute Gasteiger partial charge is 0.132 e. The molecule has 4 heteroatoms. The molecular weight excluding hydrogens is 254 g/mol. The van der Waals surface area contributed by atoms with Gasteiger partial charge < -0.3 is 4.90 Å². The van der Waals surface area contributed by atoms with Crippen molar-refractivity contribution in [3.63, 3.8) is 0 Å². The van der Waals surface area contributed by atoms with Crippen LogP contribution in [-0.4, -0.2) is 28.4 Å². The van der Waals surface area contributed by atoms with Gasteiger partial charge in [0, 0.05) is 30.2 Å². The van der Waals surface area contributed by atoms with Gasteiger partial charge in [-0.3, -0.25) is 0 Å². The maximum atomic E-state index is 4.28. The number of halogens is 1. The second-order valence-electron chi connectivity index (χ2n) is 4.07. The Labute approximate surface area is 100 Å². The fourth-order valence-electron chi connectivity index (χ4n) is 1.20. The number of alkyl halides is 1. The van der Waals surface area contributed by atoms with Crippen LogP contribution in [0.4, 0.5) is 5.82 Å². The van der Waals surface area contributed by atoms with Crippen molar-refractivity contribution >= 4 is 21.7 Å². The maximum Gasteiger partial charge on any atom is 0.132 e. The Morgan fingerprint density at radius 1 is 1.33 bits per heavy atom. The lowest BCUT2D eigenvalue weighted by atomic mass is 10.1. The fraction of sp³-hybridized carbons (Fsp3) is 0.636. The summed E-state index contributed by atoms with van der Waals surface area (Å²) in [5, 5.41) is 0.935. The summed E-state index contributed by atoms with van der Waals surface area (Å²) in [4.78, 5) is 10.7. The second-order valence-corrected chi connectivity index (χ2v) is 4.72. The molecule has 1 rings (SSSR count). The Morgan fingerprint density at radius 3 is 2.53 bits per heavy atom. The van der Waals surface area contributed by atoms with E-state index >= 15 is 0 Å². The van der Waals surface area contributed by atoms with Gasteiger partial charge in [-0.2, -0.15) is 0 Å². The molecule has 0 saturated carbocycles. The molecule has 1 aromatic heterocycles. The van der Waals surface area contributed by atoms with Gasteiger partial charge in [-0.25, -0.2) is 9.97 Å². The number of nitrogens with zero attached hydrogens (tertiary/aromatic N) is 3. The number of anilines is 1. The SMILES string of the molecule is CC(C)c1cc(N(C)C(C)CBr)ncn1. The van der Waals surface area contributed by atoms with E-state index in [1.807, 2.05) is 0 Å². The number of hydrogen-bond acceptors (Lipinski definition) is 3. The van der Waals surface area contributed by atoms with E-state index in [1.54, 1.807) is 6.33 Å². The van der Waals surface area contributed by atoms with Gasteiger partial charge in [0.1, 0.15) is 12.1 Å². The van der Waals surface area contributed by atoms with E-state index in [2.05, 4.69) is 64.7 Å². The van der Waals surface area contributed by atoms with Crippen LogP contribution in [0.25, 0.3) is 0 Å². The lowest BCUT2D eigenvalue weighted by Gasteiger charge is -2.24. The van der Waals surface area contributed by atoms with Crippen molar-refractivity contribution in [3.8, 4) is 0 Å². The van der Waals surface area contributed by atoms with Crippen molar-refractivity contribution in [2.45, 2.75) is 32.7 Å². The average molecular weight is 272 g/mol. The molecule has 0 aromatic carbocycles. The first kappa shape index (κ1) is 12.4. The average Bonchev–Trinajstić information content (AvgIpc) is 2.27. The summed E-state index contributed by atoms with van der Waals surface area (Å²) in [5.41, 5.74) is 1.09. The number of hydrogen-bond donors (Lipinski definition) is 0. The molecule has 0 amide bonds. The molecule has 1 aromatic rings. The third kappa shape index (κ3) is 3.16. The van der Waals surface area contributed by atoms with Crippen molar-refractivity contribution in [1.82, 2.24) is 9.97 Å². The summed E-state index contributed by atoms with van der Waals surface area (Å²) in [6.45, 7) is 6.44. The minimum absolute atomic E-state index is 0.430. The van der Waals surface area contributed by atoms with Gasteiger partial charge in [0.05, 0.1) is 0 Å². The monoisotopic (exact) mass is 271 g/mol. The van der Waals surface area contributed by atoms with Crippen LogP contribution in [0.5, 0.6) is 0 Å². The second kappa shape index (κ2) is 5.45. The Kier molecular flexibility index (Phi) is 4.51. The van der Waals surface area contributed by atoms with E-state index < -0.39 is 0 Å². The van der Waals surface area contributed by atoms with Gasteiger partial charge in [0.2, 0.25) is 0 Å². The minimum Gasteiger partial charge on any atom is -0.356 e. The summed E-state index contributed by atoms with van der Waals surface area (Å²) in [6, 6.07) is 2.49. The Balaban J connectivity index is 2.90. The molecule has 0 saturated heterocycles. The number of rotatable bonds is 4. The molecule has 0 spiro atoms. The summed E-state index contributed by atoms with van der Waals surface area (Å²) >= 11 is 3.48. The predicted molar refractivity (Wildman–Crippen MR) is 67.8 cm³/mol. The van der Waals surface area contributed by atoms with Crippen LogP contribution < -0.4 is 4.90 Å². The molecule has 84 valence electrons. The first-order chi connectivity index (χ1) is 7.06. The summed E-state index contributed by atoms with van der Waals surface area (Å²) < 4.78 is 0. The van der Waals surface area contributed by atoms with Gasteiger partial charge in [-0.15, -0.1) is 0 Å². The molecule has 0 aliphatic rings. The zero-order chi connectivity index (χ0) is 11.4. The van der Waals surface area contributed by atoms with E-state index in [4.69, 9.17) is 0 Å². The van der Waals surface area contributed by atoms with E-state index in [1.165, 1.54) is 0 Å². The molecule has 0 N–H and O–H groups in total. The van der Waals surface area contributed by atoms with Crippen molar-refractivity contribution in [2.24, 2.45) is 0 Å². The van der Waals surface area contributed by atoms with Crippen molar-refractivity contribution in [3.05, 3.63) is 18.1 Å². The fourth-order valence-corrected chi connectivity index (χ4v) is 1.63. The van der Waals surface area contributed by atoms with E-state index in [0.29, 0.717) is 12.0 Å². The molecule has 3 nitrogen and oxygen atoms in total. The van der Waals surface area contributed by atoms with E-state index in [9.17, 15) is 0 Å². The lowest BCUT2D eigenvalue weighted by molar-refractivity contribution is 0.744. The molecule has 0 aliphatic carbocycles. The Hall–Kier alpha value is -0.640. The Morgan fingerprint density at radius 2 is 2.00 bits per heavy atom. The van der Waals surface area contributed by atoms with Gasteiger partial charge in [-0.1, -0.05) is 29.8 Å². The first-order valence-corrected chi connectivity index (χ1v) is 6.29.